The molecule has 0 radical (unpaired) electrons. The molecule has 1 N–H and O–H groups in total. The maximum Gasteiger partial charge on any atom is 0.323 e. The highest BCUT2D eigenvalue weighted by molar-refractivity contribution is 7.14. The Labute approximate surface area is 131 Å². The standard InChI is InChI=1S/C13H17N5O3S/c1-13(2,20-3)10-16-9(21-17-10)6-8-7-22-12(15-8)18-5-4-14-11(18)19/h7H,4-6H2,1-3H3,(H,14,19). The Morgan fingerprint density at radius 1 is 1.50 bits per heavy atom. The van der Waals surface area contributed by atoms with E-state index in [4.69, 9.17) is 9.26 Å². The first-order valence-electron chi connectivity index (χ1n) is 6.87. The van der Waals surface area contributed by atoms with E-state index in [1.807, 2.05) is 19.2 Å². The number of hydrogen-bond acceptors (Lipinski definition) is 7. The van der Waals surface area contributed by atoms with E-state index in [1.165, 1.54) is 11.3 Å². The van der Waals surface area contributed by atoms with Crippen LogP contribution in [-0.4, -0.2) is 41.4 Å². The molecule has 2 aromatic heterocycles. The number of carbonyl (C=O) groups excluding carboxylic acids is 1. The van der Waals surface area contributed by atoms with Gasteiger partial charge in [0.05, 0.1) is 12.1 Å². The number of aromatic nitrogens is 3. The van der Waals surface area contributed by atoms with Crippen molar-refractivity contribution in [2.24, 2.45) is 0 Å². The monoisotopic (exact) mass is 323 g/mol. The molecule has 1 fully saturated rings. The molecule has 1 aliphatic rings. The minimum atomic E-state index is -0.595. The van der Waals surface area contributed by atoms with Gasteiger partial charge in [0, 0.05) is 25.6 Å². The van der Waals surface area contributed by atoms with E-state index in [-0.39, 0.29) is 6.03 Å². The average Bonchev–Trinajstić information content (AvgIpc) is 3.20. The zero-order chi connectivity index (χ0) is 15.7. The van der Waals surface area contributed by atoms with E-state index in [0.29, 0.717) is 36.4 Å². The van der Waals surface area contributed by atoms with Gasteiger partial charge in [0.15, 0.2) is 5.13 Å². The molecule has 22 heavy (non-hydrogen) atoms. The SMILES string of the molecule is COC(C)(C)c1noc(Cc2csc(N3CCNC3=O)n2)n1. The maximum absolute atomic E-state index is 11.6. The molecule has 0 unspecified atom stereocenters. The van der Waals surface area contributed by atoms with Gasteiger partial charge >= 0.3 is 6.03 Å². The largest absolute Gasteiger partial charge is 0.371 e. The first-order chi connectivity index (χ1) is 10.5. The highest BCUT2D eigenvalue weighted by atomic mass is 32.1. The summed E-state index contributed by atoms with van der Waals surface area (Å²) in [6.07, 6.45) is 0.429. The Balaban J connectivity index is 1.72. The zero-order valence-corrected chi connectivity index (χ0v) is 13.4. The van der Waals surface area contributed by atoms with Crippen LogP contribution in [0.2, 0.25) is 0 Å². The predicted molar refractivity (Wildman–Crippen MR) is 80.0 cm³/mol. The molecule has 0 spiro atoms. The predicted octanol–water partition coefficient (Wildman–Crippen LogP) is 1.53. The number of thiazole rings is 1. The number of hydrogen-bond donors (Lipinski definition) is 1. The first-order valence-corrected chi connectivity index (χ1v) is 7.75. The third-order valence-electron chi connectivity index (χ3n) is 3.48. The van der Waals surface area contributed by atoms with Crippen LogP contribution in [0.1, 0.15) is 31.3 Å². The highest BCUT2D eigenvalue weighted by Crippen LogP contribution is 2.24. The highest BCUT2D eigenvalue weighted by Gasteiger charge is 2.27. The molecule has 0 saturated carbocycles. The van der Waals surface area contributed by atoms with Crippen LogP contribution in [0.4, 0.5) is 9.93 Å². The number of anilines is 1. The minimum Gasteiger partial charge on any atom is -0.371 e. The van der Waals surface area contributed by atoms with Gasteiger partial charge in [-0.2, -0.15) is 4.98 Å². The van der Waals surface area contributed by atoms with Gasteiger partial charge in [-0.05, 0) is 13.8 Å². The topological polar surface area (TPSA) is 93.4 Å². The molecule has 9 heteroatoms. The summed E-state index contributed by atoms with van der Waals surface area (Å²) >= 11 is 1.43. The van der Waals surface area contributed by atoms with Gasteiger partial charge < -0.3 is 14.6 Å². The van der Waals surface area contributed by atoms with E-state index in [1.54, 1.807) is 12.0 Å². The van der Waals surface area contributed by atoms with E-state index in [0.717, 1.165) is 5.69 Å². The molecule has 3 rings (SSSR count). The molecule has 118 valence electrons. The molecule has 1 aliphatic heterocycles. The molecule has 0 atom stereocenters. The van der Waals surface area contributed by atoms with Gasteiger partial charge in [-0.25, -0.2) is 9.78 Å². The van der Waals surface area contributed by atoms with Gasteiger partial charge in [-0.1, -0.05) is 5.16 Å². The molecule has 0 aromatic carbocycles. The lowest BCUT2D eigenvalue weighted by Gasteiger charge is -2.17. The van der Waals surface area contributed by atoms with Crippen molar-refractivity contribution in [2.45, 2.75) is 25.9 Å². The Bertz CT molecular complexity index is 681. The lowest BCUT2D eigenvalue weighted by molar-refractivity contribution is 0.00973. The first kappa shape index (κ1) is 14.9. The second-order valence-corrected chi connectivity index (χ2v) is 6.24. The Hall–Kier alpha value is -2.00. The smallest absolute Gasteiger partial charge is 0.323 e. The van der Waals surface area contributed by atoms with Crippen molar-refractivity contribution < 1.29 is 14.1 Å². The zero-order valence-electron chi connectivity index (χ0n) is 12.6. The van der Waals surface area contributed by atoms with Crippen LogP contribution < -0.4 is 10.2 Å². The van der Waals surface area contributed by atoms with E-state index in [9.17, 15) is 4.79 Å². The summed E-state index contributed by atoms with van der Waals surface area (Å²) in [7, 11) is 1.60. The molecule has 0 bridgehead atoms. The fourth-order valence-electron chi connectivity index (χ4n) is 1.97. The summed E-state index contributed by atoms with van der Waals surface area (Å²) < 4.78 is 10.6. The second kappa shape index (κ2) is 5.65. The van der Waals surface area contributed by atoms with Gasteiger partial charge in [-0.3, -0.25) is 4.90 Å². The molecule has 2 amide bonds. The van der Waals surface area contributed by atoms with E-state index >= 15 is 0 Å². The Morgan fingerprint density at radius 3 is 3.00 bits per heavy atom. The van der Waals surface area contributed by atoms with Gasteiger partial charge in [0.1, 0.15) is 5.60 Å². The number of rotatable bonds is 5. The van der Waals surface area contributed by atoms with Crippen molar-refractivity contribution in [3.63, 3.8) is 0 Å². The normalized spacial score (nSPS) is 15.4. The van der Waals surface area contributed by atoms with Crippen LogP contribution in [0.15, 0.2) is 9.90 Å². The van der Waals surface area contributed by atoms with Crippen molar-refractivity contribution in [3.8, 4) is 0 Å². The summed E-state index contributed by atoms with van der Waals surface area (Å²) in [5, 5.41) is 9.27. The van der Waals surface area contributed by atoms with Crippen LogP contribution in [0.5, 0.6) is 0 Å². The quantitative estimate of drug-likeness (QED) is 0.897. The molecule has 2 aromatic rings. The summed E-state index contributed by atoms with van der Waals surface area (Å²) in [6, 6.07) is -0.108. The fourth-order valence-corrected chi connectivity index (χ4v) is 2.82. The Morgan fingerprint density at radius 2 is 2.32 bits per heavy atom. The molecular formula is C13H17N5O3S. The lowest BCUT2D eigenvalue weighted by atomic mass is 10.1. The summed E-state index contributed by atoms with van der Waals surface area (Å²) in [5.41, 5.74) is 0.202. The maximum atomic E-state index is 11.6. The minimum absolute atomic E-state index is 0.108. The fraction of sp³-hybridized carbons (Fsp3) is 0.538. The third kappa shape index (κ3) is 2.81. The number of carbonyl (C=O) groups is 1. The van der Waals surface area contributed by atoms with Crippen molar-refractivity contribution in [2.75, 3.05) is 25.1 Å². The summed E-state index contributed by atoms with van der Waals surface area (Å²) in [4.78, 5) is 22.0. The Kier molecular flexibility index (Phi) is 3.83. The van der Waals surface area contributed by atoms with Crippen LogP contribution >= 0.6 is 11.3 Å². The number of ether oxygens (including phenoxy) is 1. The number of amides is 2. The average molecular weight is 323 g/mol. The van der Waals surface area contributed by atoms with Gasteiger partial charge in [0.2, 0.25) is 11.7 Å². The molecule has 8 nitrogen and oxygen atoms in total. The molecular weight excluding hydrogens is 306 g/mol. The van der Waals surface area contributed by atoms with Crippen molar-refractivity contribution in [1.29, 1.82) is 0 Å². The van der Waals surface area contributed by atoms with Crippen LogP contribution in [0.25, 0.3) is 0 Å². The van der Waals surface area contributed by atoms with E-state index < -0.39 is 5.60 Å². The van der Waals surface area contributed by atoms with Crippen LogP contribution in [0.3, 0.4) is 0 Å². The number of nitrogens with one attached hydrogen (secondary N) is 1. The number of methoxy groups -OCH3 is 1. The molecule has 3 heterocycles. The van der Waals surface area contributed by atoms with Crippen molar-refractivity contribution >= 4 is 22.5 Å². The summed E-state index contributed by atoms with van der Waals surface area (Å²) in [6.45, 7) is 5.02. The molecule has 0 aliphatic carbocycles. The van der Waals surface area contributed by atoms with Crippen molar-refractivity contribution in [1.82, 2.24) is 20.4 Å². The van der Waals surface area contributed by atoms with E-state index in [2.05, 4.69) is 20.4 Å². The van der Waals surface area contributed by atoms with Gasteiger partial charge in [-0.15, -0.1) is 11.3 Å². The van der Waals surface area contributed by atoms with Gasteiger partial charge in [0.25, 0.3) is 0 Å². The molecule has 1 saturated heterocycles. The summed E-state index contributed by atoms with van der Waals surface area (Å²) in [5.74, 6) is 0.974. The van der Waals surface area contributed by atoms with Crippen LogP contribution in [-0.2, 0) is 16.8 Å². The lowest BCUT2D eigenvalue weighted by Crippen LogP contribution is -2.27. The number of urea groups is 1. The second-order valence-electron chi connectivity index (χ2n) is 5.41. The third-order valence-corrected chi connectivity index (χ3v) is 4.39. The number of nitrogens with zero attached hydrogens (tertiary/aromatic N) is 4. The van der Waals surface area contributed by atoms with Crippen molar-refractivity contribution in [3.05, 3.63) is 22.8 Å². The van der Waals surface area contributed by atoms with Crippen LogP contribution in [0, 0.1) is 0 Å².